The van der Waals surface area contributed by atoms with E-state index in [1.54, 1.807) is 24.3 Å². The number of carbonyl (C=O) groups excluding carboxylic acids is 2. The summed E-state index contributed by atoms with van der Waals surface area (Å²) >= 11 is 0. The summed E-state index contributed by atoms with van der Waals surface area (Å²) in [7, 11) is 0. The Hall–Kier alpha value is -3.16. The van der Waals surface area contributed by atoms with Crippen LogP contribution in [-0.2, 0) is 6.54 Å². The van der Waals surface area contributed by atoms with Crippen LogP contribution in [-0.4, -0.2) is 47.3 Å². The summed E-state index contributed by atoms with van der Waals surface area (Å²) in [6, 6.07) is 6.87. The average Bonchev–Trinajstić information content (AvgIpc) is 3.11. The summed E-state index contributed by atoms with van der Waals surface area (Å²) in [4.78, 5) is 34.7. The molecule has 0 atom stereocenters. The van der Waals surface area contributed by atoms with Gasteiger partial charge >= 0.3 is 0 Å². The Morgan fingerprint density at radius 2 is 1.81 bits per heavy atom. The van der Waals surface area contributed by atoms with Gasteiger partial charge in [0.05, 0.1) is 16.8 Å². The highest BCUT2D eigenvalue weighted by atomic mass is 16.4. The van der Waals surface area contributed by atoms with Crippen LogP contribution >= 0.6 is 0 Å². The minimum absolute atomic E-state index is 0.258. The highest BCUT2D eigenvalue weighted by Gasteiger charge is 2.34. The number of oxazole rings is 1. The molecule has 8 heteroatoms. The summed E-state index contributed by atoms with van der Waals surface area (Å²) in [6.45, 7) is 7.34. The van der Waals surface area contributed by atoms with E-state index in [9.17, 15) is 9.59 Å². The number of amides is 2. The summed E-state index contributed by atoms with van der Waals surface area (Å²) < 4.78 is 5.52. The molecule has 2 heterocycles. The number of hydrogen-bond acceptors (Lipinski definition) is 5. The Labute approximate surface area is 157 Å². The standard InChI is InChI=1S/C19H23N5O3/c1-4-20-19(22-11-16-23-12(2)13(3)27-16)21-9-10-24-17(25)14-7-5-6-8-15(14)18(24)26/h5-8H,4,9-11H2,1-3H3,(H2,20,21,22). The molecule has 1 aliphatic rings. The molecule has 8 nitrogen and oxygen atoms in total. The smallest absolute Gasteiger partial charge is 0.261 e. The molecule has 142 valence electrons. The van der Waals surface area contributed by atoms with Gasteiger partial charge < -0.3 is 15.1 Å². The van der Waals surface area contributed by atoms with E-state index in [0.29, 0.717) is 42.6 Å². The van der Waals surface area contributed by atoms with Gasteiger partial charge in [-0.2, -0.15) is 0 Å². The molecule has 0 aliphatic carbocycles. The maximum atomic E-state index is 12.4. The van der Waals surface area contributed by atoms with Crippen LogP contribution in [0, 0.1) is 13.8 Å². The Morgan fingerprint density at radius 3 is 2.37 bits per heavy atom. The molecule has 0 saturated heterocycles. The maximum Gasteiger partial charge on any atom is 0.261 e. The number of guanidine groups is 1. The molecule has 27 heavy (non-hydrogen) atoms. The van der Waals surface area contributed by atoms with Crippen LogP contribution in [0.1, 0.15) is 45.0 Å². The van der Waals surface area contributed by atoms with Crippen LogP contribution in [0.2, 0.25) is 0 Å². The molecule has 2 N–H and O–H groups in total. The van der Waals surface area contributed by atoms with Gasteiger partial charge in [-0.1, -0.05) is 12.1 Å². The van der Waals surface area contributed by atoms with E-state index in [1.165, 1.54) is 4.90 Å². The van der Waals surface area contributed by atoms with E-state index in [1.807, 2.05) is 20.8 Å². The average molecular weight is 369 g/mol. The van der Waals surface area contributed by atoms with Gasteiger partial charge in [-0.3, -0.25) is 14.5 Å². The number of aliphatic imine (C=N–C) groups is 1. The van der Waals surface area contributed by atoms with Gasteiger partial charge in [0.25, 0.3) is 11.8 Å². The quantitative estimate of drug-likeness (QED) is 0.456. The first-order valence-corrected chi connectivity index (χ1v) is 8.91. The van der Waals surface area contributed by atoms with E-state index in [4.69, 9.17) is 4.42 Å². The number of rotatable bonds is 6. The first-order valence-electron chi connectivity index (χ1n) is 8.91. The number of nitrogens with one attached hydrogen (secondary N) is 2. The Bertz CT molecular complexity index is 833. The highest BCUT2D eigenvalue weighted by Crippen LogP contribution is 2.21. The number of aromatic nitrogens is 1. The molecule has 3 rings (SSSR count). The molecular weight excluding hydrogens is 346 g/mol. The monoisotopic (exact) mass is 369 g/mol. The van der Waals surface area contributed by atoms with E-state index in [-0.39, 0.29) is 18.4 Å². The number of aryl methyl sites for hydroxylation is 2. The lowest BCUT2D eigenvalue weighted by Gasteiger charge is -2.16. The second-order valence-electron chi connectivity index (χ2n) is 6.18. The van der Waals surface area contributed by atoms with E-state index >= 15 is 0 Å². The second kappa shape index (κ2) is 8.03. The highest BCUT2D eigenvalue weighted by molar-refractivity contribution is 6.21. The third kappa shape index (κ3) is 3.99. The van der Waals surface area contributed by atoms with Crippen molar-refractivity contribution in [1.29, 1.82) is 0 Å². The fraction of sp³-hybridized carbons (Fsp3) is 0.368. The Kier molecular flexibility index (Phi) is 5.54. The van der Waals surface area contributed by atoms with Crippen LogP contribution in [0.5, 0.6) is 0 Å². The van der Waals surface area contributed by atoms with E-state index in [0.717, 1.165) is 11.5 Å². The molecule has 0 radical (unpaired) electrons. The van der Waals surface area contributed by atoms with Crippen molar-refractivity contribution >= 4 is 17.8 Å². The minimum Gasteiger partial charge on any atom is -0.444 e. The zero-order valence-electron chi connectivity index (χ0n) is 15.7. The SMILES string of the molecule is CCNC(=NCc1nc(C)c(C)o1)NCCN1C(=O)c2ccccc2C1=O. The molecule has 2 aromatic rings. The number of hydrogen-bond donors (Lipinski definition) is 2. The molecular formula is C19H23N5O3. The lowest BCUT2D eigenvalue weighted by atomic mass is 10.1. The van der Waals surface area contributed by atoms with E-state index < -0.39 is 0 Å². The van der Waals surface area contributed by atoms with Crippen LogP contribution in [0.25, 0.3) is 0 Å². The van der Waals surface area contributed by atoms with Crippen molar-refractivity contribution in [1.82, 2.24) is 20.5 Å². The predicted molar refractivity (Wildman–Crippen MR) is 101 cm³/mol. The van der Waals surface area contributed by atoms with Gasteiger partial charge in [0, 0.05) is 19.6 Å². The zero-order chi connectivity index (χ0) is 19.4. The van der Waals surface area contributed by atoms with Crippen LogP contribution in [0.15, 0.2) is 33.7 Å². The molecule has 2 amide bonds. The van der Waals surface area contributed by atoms with Gasteiger partial charge in [0.1, 0.15) is 12.3 Å². The molecule has 0 fully saturated rings. The number of benzene rings is 1. The lowest BCUT2D eigenvalue weighted by molar-refractivity contribution is 0.0657. The summed E-state index contributed by atoms with van der Waals surface area (Å²) in [5.74, 6) is 1.38. The Balaban J connectivity index is 1.58. The molecule has 0 spiro atoms. The van der Waals surface area contributed by atoms with Crippen molar-refractivity contribution in [2.24, 2.45) is 4.99 Å². The van der Waals surface area contributed by atoms with Crippen LogP contribution < -0.4 is 10.6 Å². The third-order valence-electron chi connectivity index (χ3n) is 4.30. The minimum atomic E-state index is -0.259. The maximum absolute atomic E-state index is 12.4. The first kappa shape index (κ1) is 18.6. The normalized spacial score (nSPS) is 13.9. The van der Waals surface area contributed by atoms with Crippen molar-refractivity contribution < 1.29 is 14.0 Å². The van der Waals surface area contributed by atoms with Gasteiger partial charge in [0.15, 0.2) is 5.96 Å². The van der Waals surface area contributed by atoms with Crippen LogP contribution in [0.3, 0.4) is 0 Å². The van der Waals surface area contributed by atoms with Gasteiger partial charge in [0.2, 0.25) is 5.89 Å². The first-order chi connectivity index (χ1) is 13.0. The topological polar surface area (TPSA) is 99.8 Å². The number of imide groups is 1. The summed E-state index contributed by atoms with van der Waals surface area (Å²) in [5.41, 5.74) is 1.76. The van der Waals surface area contributed by atoms with Crippen molar-refractivity contribution in [2.45, 2.75) is 27.3 Å². The number of nitrogens with zero attached hydrogens (tertiary/aromatic N) is 3. The third-order valence-corrected chi connectivity index (χ3v) is 4.30. The van der Waals surface area contributed by atoms with Gasteiger partial charge in [-0.15, -0.1) is 0 Å². The molecule has 0 bridgehead atoms. The molecule has 1 aliphatic heterocycles. The Morgan fingerprint density at radius 1 is 1.15 bits per heavy atom. The van der Waals surface area contributed by atoms with Crippen molar-refractivity contribution in [2.75, 3.05) is 19.6 Å². The zero-order valence-corrected chi connectivity index (χ0v) is 15.7. The van der Waals surface area contributed by atoms with Crippen molar-refractivity contribution in [3.05, 3.63) is 52.7 Å². The summed E-state index contributed by atoms with van der Waals surface area (Å²) in [5, 5.41) is 6.25. The number of carbonyl (C=O) groups is 2. The summed E-state index contributed by atoms with van der Waals surface area (Å²) in [6.07, 6.45) is 0. The van der Waals surface area contributed by atoms with E-state index in [2.05, 4.69) is 20.6 Å². The molecule has 0 saturated carbocycles. The fourth-order valence-corrected chi connectivity index (χ4v) is 2.82. The molecule has 0 unspecified atom stereocenters. The molecule has 1 aromatic heterocycles. The molecule has 1 aromatic carbocycles. The fourth-order valence-electron chi connectivity index (χ4n) is 2.82. The largest absolute Gasteiger partial charge is 0.444 e. The number of fused-ring (bicyclic) bond motifs is 1. The van der Waals surface area contributed by atoms with Gasteiger partial charge in [-0.25, -0.2) is 9.98 Å². The van der Waals surface area contributed by atoms with Crippen LogP contribution in [0.4, 0.5) is 0 Å². The van der Waals surface area contributed by atoms with Gasteiger partial charge in [-0.05, 0) is 32.9 Å². The lowest BCUT2D eigenvalue weighted by Crippen LogP contribution is -2.43. The van der Waals surface area contributed by atoms with Crippen molar-refractivity contribution in [3.8, 4) is 0 Å². The predicted octanol–water partition coefficient (Wildman–Crippen LogP) is 1.64. The second-order valence-corrected chi connectivity index (χ2v) is 6.18. The van der Waals surface area contributed by atoms with Crippen molar-refractivity contribution in [3.63, 3.8) is 0 Å².